The van der Waals surface area contributed by atoms with Gasteiger partial charge < -0.3 is 4.90 Å². The van der Waals surface area contributed by atoms with E-state index in [1.165, 1.54) is 68.3 Å². The molecule has 0 aliphatic carbocycles. The maximum atomic E-state index is 4.36. The molecule has 23 heavy (non-hydrogen) atoms. The Labute approximate surface area is 145 Å². The van der Waals surface area contributed by atoms with Gasteiger partial charge in [-0.2, -0.15) is 0 Å². The van der Waals surface area contributed by atoms with E-state index in [0.29, 0.717) is 0 Å². The number of unbranched alkanes of at least 4 members (excludes halogenated alkanes) is 4. The van der Waals surface area contributed by atoms with Crippen LogP contribution in [0, 0.1) is 0 Å². The molecule has 2 aromatic rings. The summed E-state index contributed by atoms with van der Waals surface area (Å²) in [6.07, 6.45) is 11.3. The van der Waals surface area contributed by atoms with Crippen molar-refractivity contribution in [3.63, 3.8) is 0 Å². The quantitative estimate of drug-likeness (QED) is 0.609. The lowest BCUT2D eigenvalue weighted by Gasteiger charge is -2.27. The van der Waals surface area contributed by atoms with Gasteiger partial charge in [0.2, 0.25) is 0 Å². The minimum atomic E-state index is 1.12. The van der Waals surface area contributed by atoms with Gasteiger partial charge in [-0.15, -0.1) is 11.3 Å². The topological polar surface area (TPSA) is 16.1 Å². The molecule has 2 nitrogen and oxygen atoms in total. The molecule has 1 aromatic heterocycles. The maximum absolute atomic E-state index is 4.36. The average Bonchev–Trinajstić information content (AvgIpc) is 3.10. The second-order valence-electron chi connectivity index (χ2n) is 6.27. The number of aryl methyl sites for hydroxylation is 1. The van der Waals surface area contributed by atoms with Gasteiger partial charge in [0, 0.05) is 36.4 Å². The van der Waals surface area contributed by atoms with E-state index in [-0.39, 0.29) is 0 Å². The monoisotopic (exact) mass is 330 g/mol. The Kier molecular flexibility index (Phi) is 7.60. The Morgan fingerprint density at radius 1 is 1.13 bits per heavy atom. The third-order valence-corrected chi connectivity index (χ3v) is 5.14. The Morgan fingerprint density at radius 3 is 2.57 bits per heavy atom. The molecule has 3 heteroatoms. The van der Waals surface area contributed by atoms with Crippen LogP contribution in [0.3, 0.4) is 0 Å². The van der Waals surface area contributed by atoms with Gasteiger partial charge in [0.15, 0.2) is 0 Å². The summed E-state index contributed by atoms with van der Waals surface area (Å²) >= 11 is 1.70. The Morgan fingerprint density at radius 2 is 1.91 bits per heavy atom. The minimum absolute atomic E-state index is 1.12. The fraction of sp³-hybridized carbons (Fsp3) is 0.550. The van der Waals surface area contributed by atoms with E-state index in [4.69, 9.17) is 0 Å². The van der Waals surface area contributed by atoms with Crippen molar-refractivity contribution < 1.29 is 0 Å². The molecule has 126 valence electrons. The van der Waals surface area contributed by atoms with Crippen LogP contribution in [0.15, 0.2) is 29.8 Å². The van der Waals surface area contributed by atoms with Crippen molar-refractivity contribution in [2.75, 3.05) is 18.5 Å². The molecule has 1 aromatic carbocycles. The minimum Gasteiger partial charge on any atom is -0.374 e. The summed E-state index contributed by atoms with van der Waals surface area (Å²) in [7, 11) is 2.17. The summed E-state index contributed by atoms with van der Waals surface area (Å²) in [5.41, 5.74) is 4.09. The molecule has 2 heterocycles. The summed E-state index contributed by atoms with van der Waals surface area (Å²) in [6.45, 7) is 5.66. The van der Waals surface area contributed by atoms with Gasteiger partial charge in [-0.3, -0.25) is 0 Å². The summed E-state index contributed by atoms with van der Waals surface area (Å²) in [5, 5.41) is 3.15. The highest BCUT2D eigenvalue weighted by atomic mass is 32.1. The number of fused-ring (bicyclic) bond motifs is 1. The van der Waals surface area contributed by atoms with Gasteiger partial charge >= 0.3 is 0 Å². The van der Waals surface area contributed by atoms with Gasteiger partial charge in [0.1, 0.15) is 5.01 Å². The Hall–Kier alpha value is -1.35. The summed E-state index contributed by atoms with van der Waals surface area (Å²) in [6, 6.07) is 6.70. The van der Waals surface area contributed by atoms with Crippen molar-refractivity contribution in [2.24, 2.45) is 0 Å². The fourth-order valence-corrected chi connectivity index (χ4v) is 3.60. The molecule has 1 aliphatic rings. The molecule has 0 amide bonds. The van der Waals surface area contributed by atoms with Gasteiger partial charge in [0.25, 0.3) is 0 Å². The zero-order chi connectivity index (χ0) is 16.5. The van der Waals surface area contributed by atoms with Crippen LogP contribution in [0.1, 0.15) is 57.9 Å². The highest BCUT2D eigenvalue weighted by Crippen LogP contribution is 2.31. The summed E-state index contributed by atoms with van der Waals surface area (Å²) < 4.78 is 0. The lowest BCUT2D eigenvalue weighted by Crippen LogP contribution is -2.24. The summed E-state index contributed by atoms with van der Waals surface area (Å²) in [5.74, 6) is 0. The van der Waals surface area contributed by atoms with E-state index in [1.54, 1.807) is 11.3 Å². The second-order valence-corrected chi connectivity index (χ2v) is 7.16. The molecule has 1 aliphatic heterocycles. The SMILES string of the molecule is CCCCCCC.CN1CCCc2cc(-c3nccs3)ccc21. The van der Waals surface area contributed by atoms with Gasteiger partial charge in [-0.25, -0.2) is 4.98 Å². The van der Waals surface area contributed by atoms with E-state index in [0.717, 1.165) is 5.01 Å². The number of hydrogen-bond acceptors (Lipinski definition) is 3. The molecular formula is C20H30N2S. The van der Waals surface area contributed by atoms with Crippen LogP contribution in [-0.2, 0) is 6.42 Å². The van der Waals surface area contributed by atoms with E-state index in [9.17, 15) is 0 Å². The summed E-state index contributed by atoms with van der Waals surface area (Å²) in [4.78, 5) is 6.70. The molecule has 0 spiro atoms. The highest BCUT2D eigenvalue weighted by Gasteiger charge is 2.14. The van der Waals surface area contributed by atoms with Crippen LogP contribution in [0.5, 0.6) is 0 Å². The van der Waals surface area contributed by atoms with Crippen LogP contribution in [0.4, 0.5) is 5.69 Å². The van der Waals surface area contributed by atoms with E-state index < -0.39 is 0 Å². The highest BCUT2D eigenvalue weighted by molar-refractivity contribution is 7.13. The lowest BCUT2D eigenvalue weighted by molar-refractivity contribution is 0.656. The average molecular weight is 331 g/mol. The number of aromatic nitrogens is 1. The first-order valence-electron chi connectivity index (χ1n) is 9.00. The maximum Gasteiger partial charge on any atom is 0.123 e. The molecule has 0 N–H and O–H groups in total. The Balaban J connectivity index is 0.000000236. The molecule has 0 saturated heterocycles. The van der Waals surface area contributed by atoms with Crippen molar-refractivity contribution in [1.29, 1.82) is 0 Å². The largest absolute Gasteiger partial charge is 0.374 e. The predicted octanol–water partition coefficient (Wildman–Crippen LogP) is 6.17. The van der Waals surface area contributed by atoms with Crippen LogP contribution in [0.2, 0.25) is 0 Å². The first kappa shape index (κ1) is 18.0. The molecule has 0 unspecified atom stereocenters. The van der Waals surface area contributed by atoms with Crippen molar-refractivity contribution in [3.05, 3.63) is 35.3 Å². The lowest BCUT2D eigenvalue weighted by atomic mass is 10.00. The fourth-order valence-electron chi connectivity index (χ4n) is 2.96. The van der Waals surface area contributed by atoms with E-state index in [1.807, 2.05) is 11.6 Å². The van der Waals surface area contributed by atoms with Crippen molar-refractivity contribution in [1.82, 2.24) is 4.98 Å². The number of anilines is 1. The zero-order valence-electron chi connectivity index (χ0n) is 14.8. The molecule has 0 atom stereocenters. The van der Waals surface area contributed by atoms with Gasteiger partial charge in [0.05, 0.1) is 0 Å². The third-order valence-electron chi connectivity index (χ3n) is 4.32. The van der Waals surface area contributed by atoms with Gasteiger partial charge in [-0.1, -0.05) is 46.0 Å². The van der Waals surface area contributed by atoms with Crippen LogP contribution in [0.25, 0.3) is 10.6 Å². The first-order chi connectivity index (χ1) is 11.3. The van der Waals surface area contributed by atoms with E-state index >= 15 is 0 Å². The standard InChI is InChI=1S/C13H14N2S.C7H16/c1-15-7-2-3-10-9-11(4-5-12(10)15)13-14-6-8-16-13;1-3-5-7-6-4-2/h4-6,8-9H,2-3,7H2,1H3;3-7H2,1-2H3. The van der Waals surface area contributed by atoms with Crippen molar-refractivity contribution >= 4 is 17.0 Å². The van der Waals surface area contributed by atoms with Crippen LogP contribution < -0.4 is 4.90 Å². The Bertz CT molecular complexity index is 559. The number of hydrogen-bond donors (Lipinski definition) is 0. The second kappa shape index (κ2) is 9.71. The smallest absolute Gasteiger partial charge is 0.123 e. The van der Waals surface area contributed by atoms with Crippen LogP contribution in [-0.4, -0.2) is 18.6 Å². The molecule has 0 radical (unpaired) electrons. The molecule has 0 saturated carbocycles. The predicted molar refractivity (Wildman–Crippen MR) is 104 cm³/mol. The van der Waals surface area contributed by atoms with E-state index in [2.05, 4.69) is 49.0 Å². The molecular weight excluding hydrogens is 300 g/mol. The third kappa shape index (κ3) is 5.35. The van der Waals surface area contributed by atoms with Crippen molar-refractivity contribution in [2.45, 2.75) is 58.8 Å². The molecule has 3 rings (SSSR count). The normalized spacial score (nSPS) is 13.3. The number of thiazole rings is 1. The van der Waals surface area contributed by atoms with Gasteiger partial charge in [-0.05, 0) is 36.6 Å². The van der Waals surface area contributed by atoms with Crippen LogP contribution >= 0.6 is 11.3 Å². The zero-order valence-corrected chi connectivity index (χ0v) is 15.7. The number of rotatable bonds is 5. The number of nitrogens with zero attached hydrogens (tertiary/aromatic N) is 2. The first-order valence-corrected chi connectivity index (χ1v) is 9.88. The van der Waals surface area contributed by atoms with Crippen molar-refractivity contribution in [3.8, 4) is 10.6 Å². The molecule has 0 bridgehead atoms. The number of benzene rings is 1. The molecule has 0 fully saturated rings.